The van der Waals surface area contributed by atoms with Crippen molar-refractivity contribution in [3.05, 3.63) is 0 Å². The minimum Gasteiger partial charge on any atom is -0.343 e. The average Bonchev–Trinajstić information content (AvgIpc) is 2.07. The van der Waals surface area contributed by atoms with Gasteiger partial charge in [-0.25, -0.2) is 0 Å². The summed E-state index contributed by atoms with van der Waals surface area (Å²) in [6.45, 7) is 1.43. The highest BCUT2D eigenvalue weighted by Gasteiger charge is 2.40. The van der Waals surface area contributed by atoms with Crippen LogP contribution in [-0.2, 0) is 9.59 Å². The van der Waals surface area contributed by atoms with E-state index >= 15 is 0 Å². The van der Waals surface area contributed by atoms with Crippen molar-refractivity contribution in [3.63, 3.8) is 0 Å². The van der Waals surface area contributed by atoms with Gasteiger partial charge < -0.3 is 10.2 Å². The van der Waals surface area contributed by atoms with E-state index in [4.69, 9.17) is 0 Å². The number of carbonyl (C=O) groups is 2. The summed E-state index contributed by atoms with van der Waals surface area (Å²) in [5, 5.41) is 2.38. The van der Waals surface area contributed by atoms with E-state index in [0.29, 0.717) is 4.90 Å². The lowest BCUT2D eigenvalue weighted by atomic mass is 10.0. The van der Waals surface area contributed by atoms with Crippen LogP contribution in [0.15, 0.2) is 0 Å². The molecule has 0 saturated carbocycles. The predicted octanol–water partition coefficient (Wildman–Crippen LogP) is 0.532. The van der Waals surface area contributed by atoms with Crippen LogP contribution in [0.1, 0.15) is 13.8 Å². The second kappa shape index (κ2) is 4.31. The number of carbonyl (C=O) groups excluding carboxylic acids is 2. The van der Waals surface area contributed by atoms with Gasteiger partial charge in [-0.05, 0) is 5.92 Å². The van der Waals surface area contributed by atoms with Crippen LogP contribution in [0.25, 0.3) is 0 Å². The molecule has 92 valence electrons. The lowest BCUT2D eigenvalue weighted by Crippen LogP contribution is -2.61. The lowest BCUT2D eigenvalue weighted by Gasteiger charge is -2.34. The third-order valence-corrected chi connectivity index (χ3v) is 2.27. The smallest absolute Gasteiger partial charge is 0.343 e. The fourth-order valence-electron chi connectivity index (χ4n) is 1.53. The summed E-state index contributed by atoms with van der Waals surface area (Å²) in [5.41, 5.74) is 0. The zero-order valence-electron chi connectivity index (χ0n) is 8.97. The molecule has 4 nitrogen and oxygen atoms in total. The van der Waals surface area contributed by atoms with Crippen LogP contribution in [0.3, 0.4) is 0 Å². The zero-order chi connectivity index (χ0) is 12.5. The van der Waals surface area contributed by atoms with Gasteiger partial charge >= 0.3 is 6.18 Å². The number of nitrogens with one attached hydrogen (secondary N) is 1. The van der Waals surface area contributed by atoms with E-state index in [9.17, 15) is 22.8 Å². The van der Waals surface area contributed by atoms with E-state index in [1.54, 1.807) is 13.8 Å². The van der Waals surface area contributed by atoms with Gasteiger partial charge in [-0.3, -0.25) is 9.59 Å². The summed E-state index contributed by atoms with van der Waals surface area (Å²) in [6.07, 6.45) is -4.48. The van der Waals surface area contributed by atoms with Crippen molar-refractivity contribution in [1.29, 1.82) is 0 Å². The number of halogens is 3. The van der Waals surface area contributed by atoms with Crippen LogP contribution in [0.4, 0.5) is 13.2 Å². The fraction of sp³-hybridized carbons (Fsp3) is 0.778. The molecule has 1 saturated heterocycles. The van der Waals surface area contributed by atoms with E-state index in [1.807, 2.05) is 0 Å². The van der Waals surface area contributed by atoms with Crippen molar-refractivity contribution in [2.75, 3.05) is 13.1 Å². The molecule has 0 spiro atoms. The Morgan fingerprint density at radius 3 is 2.44 bits per heavy atom. The SMILES string of the molecule is CC(C)C1NC(=O)CN(CC(F)(F)F)C1=O. The quantitative estimate of drug-likeness (QED) is 0.763. The van der Waals surface area contributed by atoms with Gasteiger partial charge in [-0.2, -0.15) is 13.2 Å². The first-order chi connectivity index (χ1) is 7.20. The molecular weight excluding hydrogens is 225 g/mol. The van der Waals surface area contributed by atoms with E-state index in [1.165, 1.54) is 0 Å². The molecule has 0 aromatic rings. The number of hydrogen-bond donors (Lipinski definition) is 1. The molecule has 7 heteroatoms. The molecular formula is C9H13F3N2O2. The molecule has 16 heavy (non-hydrogen) atoms. The van der Waals surface area contributed by atoms with Crippen LogP contribution in [-0.4, -0.2) is 42.0 Å². The topological polar surface area (TPSA) is 49.4 Å². The van der Waals surface area contributed by atoms with Crippen molar-refractivity contribution in [3.8, 4) is 0 Å². The van der Waals surface area contributed by atoms with Gasteiger partial charge in [0.1, 0.15) is 12.6 Å². The molecule has 1 aliphatic heterocycles. The molecule has 0 aromatic carbocycles. The highest BCUT2D eigenvalue weighted by molar-refractivity contribution is 5.95. The monoisotopic (exact) mass is 238 g/mol. The maximum atomic E-state index is 12.1. The Morgan fingerprint density at radius 1 is 1.44 bits per heavy atom. The Labute approximate surface area is 90.8 Å². The van der Waals surface area contributed by atoms with E-state index in [-0.39, 0.29) is 5.92 Å². The molecule has 1 atom stereocenters. The third-order valence-electron chi connectivity index (χ3n) is 2.27. The van der Waals surface area contributed by atoms with Crippen LogP contribution >= 0.6 is 0 Å². The van der Waals surface area contributed by atoms with Gasteiger partial charge in [0.25, 0.3) is 0 Å². The number of nitrogens with zero attached hydrogens (tertiary/aromatic N) is 1. The minimum atomic E-state index is -4.48. The number of rotatable bonds is 2. The normalized spacial score (nSPS) is 22.6. The van der Waals surface area contributed by atoms with Gasteiger partial charge in [0.05, 0.1) is 6.54 Å². The molecule has 0 aliphatic carbocycles. The van der Waals surface area contributed by atoms with Gasteiger partial charge in [0.15, 0.2) is 0 Å². The van der Waals surface area contributed by atoms with Crippen molar-refractivity contribution in [1.82, 2.24) is 10.2 Å². The molecule has 0 aromatic heterocycles. The van der Waals surface area contributed by atoms with Crippen LogP contribution in [0, 0.1) is 5.92 Å². The third kappa shape index (κ3) is 3.11. The van der Waals surface area contributed by atoms with Crippen LogP contribution in [0.5, 0.6) is 0 Å². The Hall–Kier alpha value is -1.27. The van der Waals surface area contributed by atoms with Crippen molar-refractivity contribution in [2.45, 2.75) is 26.1 Å². The number of amides is 2. The second-order valence-corrected chi connectivity index (χ2v) is 4.10. The Kier molecular flexibility index (Phi) is 3.44. The summed E-state index contributed by atoms with van der Waals surface area (Å²) in [5.74, 6) is -1.46. The lowest BCUT2D eigenvalue weighted by molar-refractivity contribution is -0.168. The van der Waals surface area contributed by atoms with E-state index in [2.05, 4.69) is 5.32 Å². The van der Waals surface area contributed by atoms with Crippen LogP contribution in [0.2, 0.25) is 0 Å². The number of hydrogen-bond acceptors (Lipinski definition) is 2. The minimum absolute atomic E-state index is 0.229. The van der Waals surface area contributed by atoms with Gasteiger partial charge in [-0.1, -0.05) is 13.8 Å². The second-order valence-electron chi connectivity index (χ2n) is 4.10. The molecule has 0 radical (unpaired) electrons. The molecule has 1 rings (SSSR count). The van der Waals surface area contributed by atoms with Crippen molar-refractivity contribution in [2.24, 2.45) is 5.92 Å². The average molecular weight is 238 g/mol. The molecule has 1 aliphatic rings. The van der Waals surface area contributed by atoms with Crippen molar-refractivity contribution >= 4 is 11.8 Å². The summed E-state index contributed by atoms with van der Waals surface area (Å²) in [4.78, 5) is 23.3. The Balaban J connectivity index is 2.77. The summed E-state index contributed by atoms with van der Waals surface area (Å²) in [6, 6.07) is -0.858. The predicted molar refractivity (Wildman–Crippen MR) is 49.4 cm³/mol. The molecule has 0 bridgehead atoms. The maximum Gasteiger partial charge on any atom is 0.406 e. The number of piperazine rings is 1. The highest BCUT2D eigenvalue weighted by atomic mass is 19.4. The zero-order valence-corrected chi connectivity index (χ0v) is 8.97. The molecule has 1 N–H and O–H groups in total. The summed E-state index contributed by atoms with van der Waals surface area (Å²) >= 11 is 0. The fourth-order valence-corrected chi connectivity index (χ4v) is 1.53. The Morgan fingerprint density at radius 2 is 2.00 bits per heavy atom. The van der Waals surface area contributed by atoms with E-state index < -0.39 is 37.1 Å². The van der Waals surface area contributed by atoms with Crippen molar-refractivity contribution < 1.29 is 22.8 Å². The maximum absolute atomic E-state index is 12.1. The van der Waals surface area contributed by atoms with Gasteiger partial charge in [-0.15, -0.1) is 0 Å². The standard InChI is InChI=1S/C9H13F3N2O2/c1-5(2)7-8(16)14(3-6(15)13-7)4-9(10,11)12/h5,7H,3-4H2,1-2H3,(H,13,15). The molecule has 2 amide bonds. The first kappa shape index (κ1) is 12.8. The molecule has 1 heterocycles. The number of alkyl halides is 3. The van der Waals surface area contributed by atoms with Gasteiger partial charge in [0.2, 0.25) is 11.8 Å². The van der Waals surface area contributed by atoms with E-state index in [0.717, 1.165) is 0 Å². The van der Waals surface area contributed by atoms with Gasteiger partial charge in [0, 0.05) is 0 Å². The highest BCUT2D eigenvalue weighted by Crippen LogP contribution is 2.19. The summed E-state index contributed by atoms with van der Waals surface area (Å²) < 4.78 is 36.4. The largest absolute Gasteiger partial charge is 0.406 e. The molecule has 1 fully saturated rings. The Bertz CT molecular complexity index is 302. The first-order valence-corrected chi connectivity index (χ1v) is 4.85. The molecule has 1 unspecified atom stereocenters. The van der Waals surface area contributed by atoms with Crippen LogP contribution < -0.4 is 5.32 Å². The first-order valence-electron chi connectivity index (χ1n) is 4.85. The summed E-state index contributed by atoms with van der Waals surface area (Å²) in [7, 11) is 0.